The predicted molar refractivity (Wildman–Crippen MR) is 82.0 cm³/mol. The second-order valence-electron chi connectivity index (χ2n) is 7.29. The van der Waals surface area contributed by atoms with E-state index >= 15 is 0 Å². The second-order valence-corrected chi connectivity index (χ2v) is 7.29. The summed E-state index contributed by atoms with van der Waals surface area (Å²) in [7, 11) is 0. The van der Waals surface area contributed by atoms with Gasteiger partial charge in [-0.05, 0) is 19.4 Å². The first-order valence-corrected chi connectivity index (χ1v) is 7.32. The summed E-state index contributed by atoms with van der Waals surface area (Å²) in [4.78, 5) is 25.0. The van der Waals surface area contributed by atoms with Crippen LogP contribution in [0.15, 0.2) is 30.3 Å². The number of carbonyl (C=O) groups excluding carboxylic acids is 2. The van der Waals surface area contributed by atoms with Gasteiger partial charge in [-0.25, -0.2) is 10.0 Å². The van der Waals surface area contributed by atoms with E-state index in [1.54, 1.807) is 0 Å². The molecule has 0 radical (unpaired) electrons. The van der Waals surface area contributed by atoms with Crippen LogP contribution in [-0.4, -0.2) is 27.4 Å². The highest BCUT2D eigenvalue weighted by Crippen LogP contribution is 2.34. The molecule has 1 saturated heterocycles. The van der Waals surface area contributed by atoms with Crippen LogP contribution in [0, 0.1) is 5.41 Å². The van der Waals surface area contributed by atoms with E-state index in [4.69, 9.17) is 0 Å². The maximum Gasteiger partial charge on any atom is 0.249 e. The van der Waals surface area contributed by atoms with Gasteiger partial charge in [0.25, 0.3) is 0 Å². The summed E-state index contributed by atoms with van der Waals surface area (Å²) >= 11 is 0. The minimum absolute atomic E-state index is 0.115. The maximum absolute atomic E-state index is 12.6. The molecule has 1 aromatic rings. The molecule has 2 amide bonds. The third-order valence-corrected chi connectivity index (χ3v) is 3.77. The highest BCUT2D eigenvalue weighted by atomic mass is 16.2. The molecule has 0 aliphatic carbocycles. The Bertz CT molecular complexity index is 544. The van der Waals surface area contributed by atoms with Crippen LogP contribution < -0.4 is 0 Å². The van der Waals surface area contributed by atoms with E-state index < -0.39 is 5.41 Å². The molecule has 0 unspecified atom stereocenters. The summed E-state index contributed by atoms with van der Waals surface area (Å²) < 4.78 is 0. The van der Waals surface area contributed by atoms with Crippen LogP contribution in [0.4, 0.5) is 0 Å². The largest absolute Gasteiger partial charge is 0.273 e. The van der Waals surface area contributed by atoms with E-state index in [0.29, 0.717) is 13.0 Å². The fourth-order valence-corrected chi connectivity index (χ4v) is 2.52. The van der Waals surface area contributed by atoms with Crippen molar-refractivity contribution in [3.8, 4) is 0 Å². The van der Waals surface area contributed by atoms with Crippen molar-refractivity contribution in [2.45, 2.75) is 53.1 Å². The van der Waals surface area contributed by atoms with E-state index in [-0.39, 0.29) is 17.4 Å². The average Bonchev–Trinajstić information content (AvgIpc) is 2.58. The Morgan fingerprint density at radius 2 is 1.76 bits per heavy atom. The fourth-order valence-electron chi connectivity index (χ4n) is 2.52. The van der Waals surface area contributed by atoms with Crippen LogP contribution in [-0.2, 0) is 16.1 Å². The highest BCUT2D eigenvalue weighted by molar-refractivity contribution is 5.98. The van der Waals surface area contributed by atoms with E-state index in [9.17, 15) is 9.59 Å². The lowest BCUT2D eigenvalue weighted by Gasteiger charge is -2.37. The molecule has 0 saturated carbocycles. The zero-order valence-electron chi connectivity index (χ0n) is 13.5. The molecule has 0 bridgehead atoms. The van der Waals surface area contributed by atoms with Crippen molar-refractivity contribution in [2.24, 2.45) is 5.41 Å². The Morgan fingerprint density at radius 3 is 2.29 bits per heavy atom. The SMILES string of the molecule is CC(C)(C)C(=O)N1C(=O)CC(C)(C)N1Cc1ccccc1. The van der Waals surface area contributed by atoms with E-state index in [1.807, 2.05) is 70.0 Å². The number of hydrogen-bond acceptors (Lipinski definition) is 3. The van der Waals surface area contributed by atoms with Crippen molar-refractivity contribution in [2.75, 3.05) is 0 Å². The van der Waals surface area contributed by atoms with Crippen LogP contribution in [0.3, 0.4) is 0 Å². The summed E-state index contributed by atoms with van der Waals surface area (Å²) in [5, 5.41) is 3.26. The van der Waals surface area contributed by atoms with E-state index in [1.165, 1.54) is 5.01 Å². The van der Waals surface area contributed by atoms with Crippen molar-refractivity contribution in [3.63, 3.8) is 0 Å². The summed E-state index contributed by atoms with van der Waals surface area (Å²) in [6, 6.07) is 9.92. The summed E-state index contributed by atoms with van der Waals surface area (Å²) in [6.07, 6.45) is 0.363. The monoisotopic (exact) mass is 288 g/mol. The Labute approximate surface area is 126 Å². The molecule has 114 valence electrons. The Hall–Kier alpha value is -1.68. The molecule has 2 rings (SSSR count). The quantitative estimate of drug-likeness (QED) is 0.840. The van der Waals surface area contributed by atoms with Crippen LogP contribution in [0.1, 0.15) is 46.6 Å². The van der Waals surface area contributed by atoms with Gasteiger partial charge in [0.05, 0.1) is 0 Å². The van der Waals surface area contributed by atoms with Gasteiger partial charge in [-0.1, -0.05) is 51.1 Å². The first kappa shape index (κ1) is 15.7. The molecule has 1 heterocycles. The molecule has 1 fully saturated rings. The van der Waals surface area contributed by atoms with Gasteiger partial charge in [0.15, 0.2) is 0 Å². The first-order chi connectivity index (χ1) is 9.63. The normalized spacial score (nSPS) is 19.1. The van der Waals surface area contributed by atoms with Gasteiger partial charge in [0, 0.05) is 23.9 Å². The van der Waals surface area contributed by atoms with Gasteiger partial charge in [0.2, 0.25) is 11.8 Å². The fraction of sp³-hybridized carbons (Fsp3) is 0.529. The van der Waals surface area contributed by atoms with Crippen LogP contribution in [0.5, 0.6) is 0 Å². The zero-order valence-corrected chi connectivity index (χ0v) is 13.5. The van der Waals surface area contributed by atoms with E-state index in [2.05, 4.69) is 0 Å². The second kappa shape index (κ2) is 5.26. The Kier molecular flexibility index (Phi) is 3.93. The molecule has 1 aromatic carbocycles. The molecule has 0 N–H and O–H groups in total. The Balaban J connectivity index is 2.33. The molecule has 0 spiro atoms. The molecular formula is C17H24N2O2. The molecule has 1 aliphatic heterocycles. The molecule has 0 atom stereocenters. The maximum atomic E-state index is 12.6. The number of hydrogen-bond donors (Lipinski definition) is 0. The van der Waals surface area contributed by atoms with Crippen LogP contribution >= 0.6 is 0 Å². The van der Waals surface area contributed by atoms with Crippen LogP contribution in [0.25, 0.3) is 0 Å². The van der Waals surface area contributed by atoms with Crippen molar-refractivity contribution >= 4 is 11.8 Å². The third-order valence-electron chi connectivity index (χ3n) is 3.77. The predicted octanol–water partition coefficient (Wildman–Crippen LogP) is 2.99. The molecule has 4 heteroatoms. The minimum atomic E-state index is -0.578. The van der Waals surface area contributed by atoms with Crippen molar-refractivity contribution < 1.29 is 9.59 Å². The first-order valence-electron chi connectivity index (χ1n) is 7.32. The molecule has 4 nitrogen and oxygen atoms in total. The van der Waals surface area contributed by atoms with Crippen molar-refractivity contribution in [3.05, 3.63) is 35.9 Å². The van der Waals surface area contributed by atoms with Gasteiger partial charge in [0.1, 0.15) is 0 Å². The lowest BCUT2D eigenvalue weighted by atomic mass is 9.95. The number of nitrogens with zero attached hydrogens (tertiary/aromatic N) is 2. The van der Waals surface area contributed by atoms with Crippen LogP contribution in [0.2, 0.25) is 0 Å². The zero-order chi connectivity index (χ0) is 15.8. The molecule has 21 heavy (non-hydrogen) atoms. The third kappa shape index (κ3) is 3.16. The molecule has 0 aromatic heterocycles. The summed E-state index contributed by atoms with van der Waals surface area (Å²) in [6.45, 7) is 10.1. The minimum Gasteiger partial charge on any atom is -0.273 e. The summed E-state index contributed by atoms with van der Waals surface area (Å²) in [5.74, 6) is -0.259. The standard InChI is InChI=1S/C17H24N2O2/c1-16(2,3)15(21)19-14(20)11-17(4,5)18(19)12-13-9-7-6-8-10-13/h6-10H,11-12H2,1-5H3. The molecule has 1 aliphatic rings. The van der Waals surface area contributed by atoms with Gasteiger partial charge in [-0.15, -0.1) is 0 Å². The van der Waals surface area contributed by atoms with E-state index in [0.717, 1.165) is 5.56 Å². The average molecular weight is 288 g/mol. The molecular weight excluding hydrogens is 264 g/mol. The Morgan fingerprint density at radius 1 is 1.19 bits per heavy atom. The highest BCUT2D eigenvalue weighted by Gasteiger charge is 2.48. The number of rotatable bonds is 2. The van der Waals surface area contributed by atoms with Gasteiger partial charge < -0.3 is 0 Å². The number of imide groups is 1. The van der Waals surface area contributed by atoms with Gasteiger partial charge in [-0.3, -0.25) is 9.59 Å². The van der Waals surface area contributed by atoms with Gasteiger partial charge >= 0.3 is 0 Å². The number of hydrazine groups is 1. The summed E-state index contributed by atoms with van der Waals surface area (Å²) in [5.41, 5.74) is 0.158. The van der Waals surface area contributed by atoms with Crippen molar-refractivity contribution in [1.29, 1.82) is 0 Å². The smallest absolute Gasteiger partial charge is 0.249 e. The lowest BCUT2D eigenvalue weighted by Crippen LogP contribution is -2.52. The number of amides is 2. The van der Waals surface area contributed by atoms with Gasteiger partial charge in [-0.2, -0.15) is 0 Å². The van der Waals surface area contributed by atoms with Crippen molar-refractivity contribution in [1.82, 2.24) is 10.0 Å². The topological polar surface area (TPSA) is 40.6 Å². The number of carbonyl (C=O) groups is 2. The lowest BCUT2D eigenvalue weighted by molar-refractivity contribution is -0.167. The number of benzene rings is 1.